The largest absolute Gasteiger partial charge is 0.336 e. The van der Waals surface area contributed by atoms with Gasteiger partial charge in [0, 0.05) is 37.4 Å². The molecule has 2 aromatic carbocycles. The van der Waals surface area contributed by atoms with Crippen molar-refractivity contribution in [3.63, 3.8) is 0 Å². The van der Waals surface area contributed by atoms with E-state index in [1.54, 1.807) is 29.2 Å². The van der Waals surface area contributed by atoms with Crippen LogP contribution in [0, 0.1) is 5.82 Å². The smallest absolute Gasteiger partial charge is 0.253 e. The highest BCUT2D eigenvalue weighted by Crippen LogP contribution is 2.16. The third-order valence-electron chi connectivity index (χ3n) is 4.47. The maximum Gasteiger partial charge on any atom is 0.253 e. The van der Waals surface area contributed by atoms with Crippen LogP contribution >= 0.6 is 0 Å². The summed E-state index contributed by atoms with van der Waals surface area (Å²) >= 11 is 0. The molecule has 0 saturated carbocycles. The summed E-state index contributed by atoms with van der Waals surface area (Å²) in [5.41, 5.74) is 1.40. The Morgan fingerprint density at radius 3 is 2.19 bits per heavy atom. The van der Waals surface area contributed by atoms with Crippen LogP contribution in [-0.4, -0.2) is 57.4 Å². The summed E-state index contributed by atoms with van der Waals surface area (Å²) in [6.07, 6.45) is 0. The second-order valence-electron chi connectivity index (χ2n) is 6.66. The number of hydrogen-bond acceptors (Lipinski definition) is 4. The molecule has 1 N–H and O–H groups in total. The van der Waals surface area contributed by atoms with E-state index in [2.05, 4.69) is 9.62 Å². The first-order valence-electron chi connectivity index (χ1n) is 8.65. The van der Waals surface area contributed by atoms with Crippen LogP contribution < -0.4 is 4.72 Å². The molecule has 1 amide bonds. The number of halogens is 1. The van der Waals surface area contributed by atoms with Crippen LogP contribution in [0.3, 0.4) is 0 Å². The van der Waals surface area contributed by atoms with Crippen LogP contribution in [0.5, 0.6) is 0 Å². The summed E-state index contributed by atoms with van der Waals surface area (Å²) in [4.78, 5) is 16.5. The molecule has 0 radical (unpaired) electrons. The minimum Gasteiger partial charge on any atom is -0.336 e. The zero-order chi connectivity index (χ0) is 19.4. The number of piperazine rings is 1. The lowest BCUT2D eigenvalue weighted by Gasteiger charge is -2.32. The van der Waals surface area contributed by atoms with Crippen LogP contribution in [0.1, 0.15) is 15.9 Å². The normalized spacial score (nSPS) is 15.6. The van der Waals surface area contributed by atoms with Crippen LogP contribution in [-0.2, 0) is 15.8 Å². The van der Waals surface area contributed by atoms with Crippen LogP contribution in [0.15, 0.2) is 48.5 Å². The van der Waals surface area contributed by atoms with E-state index in [1.807, 2.05) is 7.05 Å². The summed E-state index contributed by atoms with van der Waals surface area (Å²) in [6, 6.07) is 11.7. The second-order valence-corrected chi connectivity index (χ2v) is 8.38. The van der Waals surface area contributed by atoms with Gasteiger partial charge < -0.3 is 9.80 Å². The van der Waals surface area contributed by atoms with E-state index in [0.717, 1.165) is 13.1 Å². The lowest BCUT2D eigenvalue weighted by molar-refractivity contribution is 0.0664. The SMILES string of the molecule is CN1CCN(C(=O)c2ccc(NS(=O)(=O)Cc3ccc(F)cc3)cc2)CC1. The van der Waals surface area contributed by atoms with Gasteiger partial charge in [-0.15, -0.1) is 0 Å². The lowest BCUT2D eigenvalue weighted by atomic mass is 10.1. The highest BCUT2D eigenvalue weighted by molar-refractivity contribution is 7.91. The van der Waals surface area contributed by atoms with Gasteiger partial charge in [0.05, 0.1) is 5.75 Å². The van der Waals surface area contributed by atoms with Crippen molar-refractivity contribution in [2.45, 2.75) is 5.75 Å². The van der Waals surface area contributed by atoms with Crippen molar-refractivity contribution < 1.29 is 17.6 Å². The summed E-state index contributed by atoms with van der Waals surface area (Å²) in [6.45, 7) is 3.04. The van der Waals surface area contributed by atoms with Crippen LogP contribution in [0.25, 0.3) is 0 Å². The number of hydrogen-bond donors (Lipinski definition) is 1. The van der Waals surface area contributed by atoms with E-state index in [0.29, 0.717) is 29.9 Å². The first-order chi connectivity index (χ1) is 12.8. The number of rotatable bonds is 5. The van der Waals surface area contributed by atoms with Gasteiger partial charge in [-0.2, -0.15) is 0 Å². The molecule has 0 atom stereocenters. The molecule has 1 saturated heterocycles. The van der Waals surface area contributed by atoms with Crippen molar-refractivity contribution in [1.29, 1.82) is 0 Å². The Labute approximate surface area is 158 Å². The fourth-order valence-electron chi connectivity index (χ4n) is 2.89. The number of carbonyl (C=O) groups is 1. The minimum absolute atomic E-state index is 0.0520. The van der Waals surface area contributed by atoms with E-state index in [9.17, 15) is 17.6 Å². The van der Waals surface area contributed by atoms with E-state index in [1.165, 1.54) is 24.3 Å². The van der Waals surface area contributed by atoms with E-state index < -0.39 is 15.8 Å². The van der Waals surface area contributed by atoms with Gasteiger partial charge in [0.2, 0.25) is 10.0 Å². The number of likely N-dealkylation sites (N-methyl/N-ethyl adjacent to an activating group) is 1. The molecule has 1 heterocycles. The van der Waals surface area contributed by atoms with Crippen molar-refractivity contribution in [2.75, 3.05) is 37.9 Å². The molecule has 8 heteroatoms. The number of nitrogens with one attached hydrogen (secondary N) is 1. The van der Waals surface area contributed by atoms with Crippen molar-refractivity contribution >= 4 is 21.6 Å². The third-order valence-corrected chi connectivity index (χ3v) is 5.73. The van der Waals surface area contributed by atoms with Crippen LogP contribution in [0.2, 0.25) is 0 Å². The zero-order valence-corrected chi connectivity index (χ0v) is 15.9. The molecule has 1 aliphatic heterocycles. The number of amides is 1. The number of sulfonamides is 1. The second kappa shape index (κ2) is 8.06. The quantitative estimate of drug-likeness (QED) is 0.848. The summed E-state index contributed by atoms with van der Waals surface area (Å²) in [7, 11) is -1.61. The molecular formula is C19H22FN3O3S. The molecule has 2 aromatic rings. The van der Waals surface area contributed by atoms with E-state index in [4.69, 9.17) is 0 Å². The van der Waals surface area contributed by atoms with Gasteiger partial charge in [-0.25, -0.2) is 12.8 Å². The van der Waals surface area contributed by atoms with Gasteiger partial charge in [-0.3, -0.25) is 9.52 Å². The maximum atomic E-state index is 12.9. The van der Waals surface area contributed by atoms with Crippen molar-refractivity contribution in [3.8, 4) is 0 Å². The zero-order valence-electron chi connectivity index (χ0n) is 15.1. The van der Waals surface area contributed by atoms with Gasteiger partial charge in [-0.05, 0) is 49.0 Å². The molecule has 0 spiro atoms. The number of nitrogens with zero attached hydrogens (tertiary/aromatic N) is 2. The molecule has 0 unspecified atom stereocenters. The van der Waals surface area contributed by atoms with Gasteiger partial charge in [0.1, 0.15) is 5.82 Å². The molecule has 1 aliphatic rings. The fourth-order valence-corrected chi connectivity index (χ4v) is 4.09. The number of anilines is 1. The molecule has 0 aromatic heterocycles. The van der Waals surface area contributed by atoms with Gasteiger partial charge >= 0.3 is 0 Å². The summed E-state index contributed by atoms with van der Waals surface area (Å²) in [5, 5.41) is 0. The van der Waals surface area contributed by atoms with Crippen molar-refractivity contribution in [1.82, 2.24) is 9.80 Å². The molecule has 27 heavy (non-hydrogen) atoms. The van der Waals surface area contributed by atoms with Crippen LogP contribution in [0.4, 0.5) is 10.1 Å². The topological polar surface area (TPSA) is 69.7 Å². The van der Waals surface area contributed by atoms with Gasteiger partial charge in [-0.1, -0.05) is 12.1 Å². The first kappa shape index (κ1) is 19.3. The standard InChI is InChI=1S/C19H22FN3O3S/c1-22-10-12-23(13-11-22)19(24)16-4-8-18(9-5-16)21-27(25,26)14-15-2-6-17(20)7-3-15/h2-9,21H,10-14H2,1H3. The highest BCUT2D eigenvalue weighted by Gasteiger charge is 2.20. The Balaban J connectivity index is 1.62. The minimum atomic E-state index is -3.63. The molecular weight excluding hydrogens is 369 g/mol. The average Bonchev–Trinajstić information content (AvgIpc) is 2.64. The van der Waals surface area contributed by atoms with E-state index >= 15 is 0 Å². The molecule has 0 bridgehead atoms. The Bertz CT molecular complexity index is 891. The summed E-state index contributed by atoms with van der Waals surface area (Å²) < 4.78 is 39.9. The first-order valence-corrected chi connectivity index (χ1v) is 10.3. The fraction of sp³-hybridized carbons (Fsp3) is 0.316. The van der Waals surface area contributed by atoms with Gasteiger partial charge in [0.15, 0.2) is 0 Å². The average molecular weight is 391 g/mol. The predicted octanol–water partition coefficient (Wildman–Crippen LogP) is 2.16. The van der Waals surface area contributed by atoms with Crippen molar-refractivity contribution in [3.05, 3.63) is 65.5 Å². The number of carbonyl (C=O) groups excluding carboxylic acids is 1. The Kier molecular flexibility index (Phi) is 5.76. The molecule has 1 fully saturated rings. The summed E-state index contributed by atoms with van der Waals surface area (Å²) in [5.74, 6) is -0.719. The molecule has 6 nitrogen and oxygen atoms in total. The Hall–Kier alpha value is -2.45. The lowest BCUT2D eigenvalue weighted by Crippen LogP contribution is -2.47. The third kappa shape index (κ3) is 5.27. The van der Waals surface area contributed by atoms with Crippen molar-refractivity contribution in [2.24, 2.45) is 0 Å². The highest BCUT2D eigenvalue weighted by atomic mass is 32.2. The number of benzene rings is 2. The molecule has 3 rings (SSSR count). The monoisotopic (exact) mass is 391 g/mol. The molecule has 0 aliphatic carbocycles. The molecule has 144 valence electrons. The Morgan fingerprint density at radius 2 is 1.59 bits per heavy atom. The van der Waals surface area contributed by atoms with Gasteiger partial charge in [0.25, 0.3) is 5.91 Å². The Morgan fingerprint density at radius 1 is 1.00 bits per heavy atom. The maximum absolute atomic E-state index is 12.9. The van der Waals surface area contributed by atoms with E-state index in [-0.39, 0.29) is 11.7 Å². The predicted molar refractivity (Wildman–Crippen MR) is 102 cm³/mol.